The van der Waals surface area contributed by atoms with Crippen molar-refractivity contribution in [2.45, 2.75) is 32.1 Å². The zero-order valence-corrected chi connectivity index (χ0v) is 10.8. The van der Waals surface area contributed by atoms with E-state index in [4.69, 9.17) is 0 Å². The Kier molecular flexibility index (Phi) is 4.85. The monoisotopic (exact) mass is 303 g/mol. The molecule has 1 fully saturated rings. The van der Waals surface area contributed by atoms with Crippen molar-refractivity contribution in [2.75, 3.05) is 0 Å². The van der Waals surface area contributed by atoms with Crippen molar-refractivity contribution in [3.63, 3.8) is 0 Å². The molecule has 0 amide bonds. The van der Waals surface area contributed by atoms with E-state index < -0.39 is 0 Å². The summed E-state index contributed by atoms with van der Waals surface area (Å²) < 4.78 is 1.25. The van der Waals surface area contributed by atoms with Crippen molar-refractivity contribution < 1.29 is 0 Å². The van der Waals surface area contributed by atoms with Crippen LogP contribution in [0.5, 0.6) is 0 Å². The normalized spacial score (nSPS) is 26.9. The maximum absolute atomic E-state index is 3.99. The van der Waals surface area contributed by atoms with Crippen LogP contribution >= 0.6 is 22.6 Å². The molecule has 0 aromatic rings. The Hall–Kier alpha value is -0.120. The number of rotatable bonds is 4. The van der Waals surface area contributed by atoms with Gasteiger partial charge >= 0.3 is 0 Å². The first-order valence-electron chi connectivity index (χ1n) is 5.14. The minimum Gasteiger partial charge on any atom is -0.269 e. The van der Waals surface area contributed by atoms with Gasteiger partial charge in [0, 0.05) is 11.6 Å². The van der Waals surface area contributed by atoms with Crippen LogP contribution in [0.3, 0.4) is 0 Å². The summed E-state index contributed by atoms with van der Waals surface area (Å²) in [6.07, 6.45) is 6.28. The Bertz CT molecular complexity index is 245. The lowest BCUT2D eigenvalue weighted by Crippen LogP contribution is -2.20. The molecular formula is C12H18IN. The standard InChI is InChI=1S/C12H18IN/c1-9(13)8-11-6-4-5-7-12(11)10(2)14-3/h11-12H,1-8H2. The van der Waals surface area contributed by atoms with E-state index in [9.17, 15) is 0 Å². The van der Waals surface area contributed by atoms with Crippen LogP contribution in [0.25, 0.3) is 0 Å². The molecule has 1 saturated carbocycles. The predicted octanol–water partition coefficient (Wildman–Crippen LogP) is 4.35. The van der Waals surface area contributed by atoms with Crippen molar-refractivity contribution in [3.05, 3.63) is 22.4 Å². The summed E-state index contributed by atoms with van der Waals surface area (Å²) in [6, 6.07) is 0. The van der Waals surface area contributed by atoms with Crippen molar-refractivity contribution in [3.8, 4) is 0 Å². The van der Waals surface area contributed by atoms with Gasteiger partial charge in [0.2, 0.25) is 0 Å². The molecule has 0 N–H and O–H groups in total. The third-order valence-corrected chi connectivity index (χ3v) is 3.46. The van der Waals surface area contributed by atoms with Crippen molar-refractivity contribution >= 4 is 29.3 Å². The average molecular weight is 303 g/mol. The van der Waals surface area contributed by atoms with Crippen LogP contribution in [0.15, 0.2) is 27.4 Å². The molecule has 0 heterocycles. The summed E-state index contributed by atoms with van der Waals surface area (Å²) in [6.45, 7) is 11.5. The van der Waals surface area contributed by atoms with Crippen LogP contribution in [0.1, 0.15) is 32.1 Å². The summed E-state index contributed by atoms with van der Waals surface area (Å²) >= 11 is 2.32. The van der Waals surface area contributed by atoms with Gasteiger partial charge in [-0.25, -0.2) is 0 Å². The van der Waals surface area contributed by atoms with Gasteiger partial charge in [0.25, 0.3) is 0 Å². The van der Waals surface area contributed by atoms with E-state index in [2.05, 4.69) is 47.5 Å². The summed E-state index contributed by atoms with van der Waals surface area (Å²) in [5.74, 6) is 1.25. The summed E-state index contributed by atoms with van der Waals surface area (Å²) in [5.41, 5.74) is 0.979. The van der Waals surface area contributed by atoms with E-state index in [0.29, 0.717) is 11.8 Å². The molecule has 14 heavy (non-hydrogen) atoms. The van der Waals surface area contributed by atoms with E-state index in [1.165, 1.54) is 29.3 Å². The van der Waals surface area contributed by atoms with Crippen LogP contribution in [0, 0.1) is 11.8 Å². The lowest BCUT2D eigenvalue weighted by molar-refractivity contribution is 0.272. The highest BCUT2D eigenvalue weighted by molar-refractivity contribution is 14.1. The van der Waals surface area contributed by atoms with Gasteiger partial charge in [-0.05, 0) is 58.1 Å². The molecular weight excluding hydrogens is 285 g/mol. The van der Waals surface area contributed by atoms with E-state index in [1.807, 2.05) is 0 Å². The van der Waals surface area contributed by atoms with Crippen LogP contribution in [0.4, 0.5) is 0 Å². The number of aliphatic imine (C=N–C) groups is 1. The van der Waals surface area contributed by atoms with Crippen LogP contribution < -0.4 is 0 Å². The Morgan fingerprint density at radius 1 is 1.29 bits per heavy atom. The molecule has 0 radical (unpaired) electrons. The average Bonchev–Trinajstić information content (AvgIpc) is 2.16. The minimum atomic E-state index is 0.549. The Balaban J connectivity index is 2.63. The van der Waals surface area contributed by atoms with E-state index in [1.54, 1.807) is 0 Å². The third kappa shape index (κ3) is 3.23. The van der Waals surface area contributed by atoms with Gasteiger partial charge in [0.05, 0.1) is 0 Å². The molecule has 1 aliphatic rings. The fourth-order valence-corrected chi connectivity index (χ4v) is 2.86. The minimum absolute atomic E-state index is 0.549. The third-order valence-electron chi connectivity index (χ3n) is 3.02. The number of hydrogen-bond acceptors (Lipinski definition) is 1. The van der Waals surface area contributed by atoms with Crippen molar-refractivity contribution in [2.24, 2.45) is 16.8 Å². The van der Waals surface area contributed by atoms with Gasteiger partial charge in [0.1, 0.15) is 0 Å². The number of hydrogen-bond donors (Lipinski definition) is 0. The zero-order chi connectivity index (χ0) is 10.6. The highest BCUT2D eigenvalue weighted by Gasteiger charge is 2.26. The Morgan fingerprint density at radius 2 is 1.93 bits per heavy atom. The second kappa shape index (κ2) is 5.69. The lowest BCUT2D eigenvalue weighted by atomic mass is 9.76. The van der Waals surface area contributed by atoms with E-state index >= 15 is 0 Å². The number of halogens is 1. The van der Waals surface area contributed by atoms with Crippen molar-refractivity contribution in [1.29, 1.82) is 0 Å². The predicted molar refractivity (Wildman–Crippen MR) is 71.9 cm³/mol. The molecule has 1 rings (SSSR count). The van der Waals surface area contributed by atoms with Gasteiger partial charge in [0.15, 0.2) is 0 Å². The van der Waals surface area contributed by atoms with Crippen LogP contribution in [-0.2, 0) is 0 Å². The first-order chi connectivity index (χ1) is 6.65. The molecule has 1 aliphatic carbocycles. The fraction of sp³-hybridized carbons (Fsp3) is 0.583. The van der Waals surface area contributed by atoms with Gasteiger partial charge < -0.3 is 0 Å². The topological polar surface area (TPSA) is 12.4 Å². The number of allylic oxidation sites excluding steroid dienone is 2. The van der Waals surface area contributed by atoms with Gasteiger partial charge in [-0.3, -0.25) is 4.99 Å². The Labute approximate surface area is 101 Å². The highest BCUT2D eigenvalue weighted by atomic mass is 127. The van der Waals surface area contributed by atoms with Gasteiger partial charge in [-0.1, -0.05) is 26.0 Å². The molecule has 0 spiro atoms. The van der Waals surface area contributed by atoms with Gasteiger partial charge in [-0.2, -0.15) is 0 Å². The zero-order valence-electron chi connectivity index (χ0n) is 8.64. The molecule has 0 bridgehead atoms. The molecule has 1 nitrogen and oxygen atoms in total. The molecule has 0 aromatic carbocycles. The second-order valence-corrected chi connectivity index (χ2v) is 5.55. The maximum atomic E-state index is 3.99. The SMILES string of the molecule is C=NC(=C)C1CCCCC1CC(=C)I. The van der Waals surface area contributed by atoms with Crippen LogP contribution in [0.2, 0.25) is 0 Å². The highest BCUT2D eigenvalue weighted by Crippen LogP contribution is 2.38. The first kappa shape index (κ1) is 12.0. The maximum Gasteiger partial charge on any atom is 0.0358 e. The fourth-order valence-electron chi connectivity index (χ4n) is 2.29. The molecule has 78 valence electrons. The second-order valence-electron chi connectivity index (χ2n) is 4.02. The molecule has 2 atom stereocenters. The Morgan fingerprint density at radius 3 is 2.50 bits per heavy atom. The summed E-state index contributed by atoms with van der Waals surface area (Å²) in [7, 11) is 0. The molecule has 0 aromatic heterocycles. The first-order valence-corrected chi connectivity index (χ1v) is 6.21. The number of nitrogens with zero attached hydrogens (tertiary/aromatic N) is 1. The van der Waals surface area contributed by atoms with E-state index in [0.717, 1.165) is 12.1 Å². The van der Waals surface area contributed by atoms with Gasteiger partial charge in [-0.15, -0.1) is 0 Å². The summed E-state index contributed by atoms with van der Waals surface area (Å²) in [5, 5.41) is 0. The molecule has 2 unspecified atom stereocenters. The molecule has 0 aliphatic heterocycles. The largest absolute Gasteiger partial charge is 0.269 e. The summed E-state index contributed by atoms with van der Waals surface area (Å²) in [4.78, 5) is 3.99. The molecule has 0 saturated heterocycles. The quantitative estimate of drug-likeness (QED) is 0.541. The lowest BCUT2D eigenvalue weighted by Gasteiger charge is -2.31. The smallest absolute Gasteiger partial charge is 0.0358 e. The van der Waals surface area contributed by atoms with E-state index in [-0.39, 0.29) is 0 Å². The van der Waals surface area contributed by atoms with Crippen LogP contribution in [-0.4, -0.2) is 6.72 Å². The van der Waals surface area contributed by atoms with Crippen molar-refractivity contribution in [1.82, 2.24) is 0 Å². The molecule has 2 heteroatoms.